The first-order valence-corrected chi connectivity index (χ1v) is 13.5. The Kier molecular flexibility index (Phi) is 9.27. The van der Waals surface area contributed by atoms with Gasteiger partial charge in [0.05, 0.1) is 7.11 Å². The number of hydrogen-bond acceptors (Lipinski definition) is 6. The maximum absolute atomic E-state index is 13.3. The van der Waals surface area contributed by atoms with Crippen molar-refractivity contribution in [2.24, 2.45) is 5.92 Å². The zero-order valence-electron chi connectivity index (χ0n) is 21.5. The van der Waals surface area contributed by atoms with Gasteiger partial charge in [-0.1, -0.05) is 0 Å². The number of ether oxygens (including phenoxy) is 2. The fraction of sp³-hybridized carbons (Fsp3) is 0.462. The Morgan fingerprint density at radius 2 is 1.76 bits per heavy atom. The van der Waals surface area contributed by atoms with Crippen molar-refractivity contribution in [2.45, 2.75) is 56.5 Å². The van der Waals surface area contributed by atoms with E-state index in [9.17, 15) is 22.4 Å². The second-order valence-corrected chi connectivity index (χ2v) is 11.7. The molecule has 0 spiro atoms. The molecule has 2 aromatic carbocycles. The average molecular weight is 536 g/mol. The van der Waals surface area contributed by atoms with E-state index in [4.69, 9.17) is 9.47 Å². The van der Waals surface area contributed by atoms with E-state index in [1.807, 2.05) is 0 Å². The van der Waals surface area contributed by atoms with Crippen molar-refractivity contribution >= 4 is 27.5 Å². The first-order valence-electron chi connectivity index (χ1n) is 12.0. The van der Waals surface area contributed by atoms with E-state index in [1.165, 1.54) is 49.6 Å². The topological polar surface area (TPSA) is 123 Å². The number of sulfonamides is 1. The summed E-state index contributed by atoms with van der Waals surface area (Å²) < 4.78 is 52.2. The Balaban J connectivity index is 1.80. The quantitative estimate of drug-likeness (QED) is 0.452. The summed E-state index contributed by atoms with van der Waals surface area (Å²) in [6.07, 6.45) is 1.91. The average Bonchev–Trinajstić information content (AvgIpc) is 2.83. The molecule has 0 saturated carbocycles. The van der Waals surface area contributed by atoms with Gasteiger partial charge in [-0.2, -0.15) is 0 Å². The molecule has 2 aromatic rings. The Bertz CT molecular complexity index is 1210. The molecule has 0 bridgehead atoms. The van der Waals surface area contributed by atoms with Crippen LogP contribution >= 0.6 is 0 Å². The van der Waals surface area contributed by atoms with Crippen LogP contribution in [-0.2, 0) is 19.6 Å². The summed E-state index contributed by atoms with van der Waals surface area (Å²) in [4.78, 5) is 26.0. The van der Waals surface area contributed by atoms with Gasteiger partial charge in [0.25, 0.3) is 5.91 Å². The van der Waals surface area contributed by atoms with Gasteiger partial charge in [-0.25, -0.2) is 17.5 Å². The fourth-order valence-corrected chi connectivity index (χ4v) is 5.62. The fourth-order valence-electron chi connectivity index (χ4n) is 4.04. The van der Waals surface area contributed by atoms with Gasteiger partial charge in [-0.3, -0.25) is 9.59 Å². The van der Waals surface area contributed by atoms with E-state index in [1.54, 1.807) is 20.8 Å². The molecule has 1 fully saturated rings. The molecule has 3 N–H and O–H groups in total. The van der Waals surface area contributed by atoms with Crippen LogP contribution < -0.4 is 20.1 Å². The second-order valence-electron chi connectivity index (χ2n) is 10.0. The third-order valence-corrected chi connectivity index (χ3v) is 7.60. The Morgan fingerprint density at radius 3 is 2.35 bits per heavy atom. The van der Waals surface area contributed by atoms with E-state index in [0.717, 1.165) is 12.8 Å². The maximum Gasteiger partial charge on any atom is 0.251 e. The number of rotatable bonds is 9. The standard InChI is InChI=1S/C26H34FN3O6S/c1-26(2,3)30-37(33,34)23-10-9-20(16-22(23)35-4)28-25(32)21(15-17-11-13-36-14-12-17)29-24(31)18-5-7-19(27)8-6-18/h5-10,16-17,21,30H,11-15H2,1-4H3,(H,28,32)(H,29,31)/t21-/m0/s1. The van der Waals surface area contributed by atoms with Crippen LogP contribution in [-0.4, -0.2) is 52.1 Å². The van der Waals surface area contributed by atoms with Crippen molar-refractivity contribution in [2.75, 3.05) is 25.6 Å². The van der Waals surface area contributed by atoms with Crippen molar-refractivity contribution in [1.29, 1.82) is 0 Å². The van der Waals surface area contributed by atoms with Crippen molar-refractivity contribution in [3.8, 4) is 5.75 Å². The smallest absolute Gasteiger partial charge is 0.251 e. The molecular weight excluding hydrogens is 501 g/mol. The molecule has 9 nitrogen and oxygen atoms in total. The molecule has 0 unspecified atom stereocenters. The van der Waals surface area contributed by atoms with E-state index in [2.05, 4.69) is 15.4 Å². The molecule has 0 aliphatic carbocycles. The molecule has 1 heterocycles. The van der Waals surface area contributed by atoms with Crippen molar-refractivity contribution in [1.82, 2.24) is 10.0 Å². The van der Waals surface area contributed by atoms with E-state index >= 15 is 0 Å². The van der Waals surface area contributed by atoms with E-state index in [0.29, 0.717) is 25.3 Å². The molecule has 1 saturated heterocycles. The molecule has 1 atom stereocenters. The van der Waals surface area contributed by atoms with Gasteiger partial charge in [0.1, 0.15) is 22.5 Å². The Hall–Kier alpha value is -3.02. The summed E-state index contributed by atoms with van der Waals surface area (Å²) in [5.41, 5.74) is -0.157. The monoisotopic (exact) mass is 535 g/mol. The highest BCUT2D eigenvalue weighted by Crippen LogP contribution is 2.29. The molecule has 1 aliphatic heterocycles. The van der Waals surface area contributed by atoms with Gasteiger partial charge >= 0.3 is 0 Å². The number of anilines is 1. The number of methoxy groups -OCH3 is 1. The van der Waals surface area contributed by atoms with Crippen molar-refractivity contribution < 1.29 is 31.9 Å². The minimum atomic E-state index is -3.87. The molecular formula is C26H34FN3O6S. The molecule has 3 rings (SSSR count). The first-order chi connectivity index (χ1) is 17.4. The maximum atomic E-state index is 13.3. The number of hydrogen-bond donors (Lipinski definition) is 3. The molecule has 0 aromatic heterocycles. The SMILES string of the molecule is COc1cc(NC(=O)[C@H](CC2CCOCC2)NC(=O)c2ccc(F)cc2)ccc1S(=O)(=O)NC(C)(C)C. The molecule has 37 heavy (non-hydrogen) atoms. The first kappa shape index (κ1) is 28.5. The van der Waals surface area contributed by atoms with Gasteiger partial charge < -0.3 is 20.1 Å². The molecule has 11 heteroatoms. The van der Waals surface area contributed by atoms with Crippen LogP contribution in [0.4, 0.5) is 10.1 Å². The highest BCUT2D eigenvalue weighted by atomic mass is 32.2. The van der Waals surface area contributed by atoms with Crippen LogP contribution in [0.1, 0.15) is 50.4 Å². The van der Waals surface area contributed by atoms with Crippen LogP contribution in [0, 0.1) is 11.7 Å². The normalized spacial score (nSPS) is 15.6. The molecule has 0 radical (unpaired) electrons. The highest BCUT2D eigenvalue weighted by molar-refractivity contribution is 7.89. The zero-order chi connectivity index (χ0) is 27.2. The summed E-state index contributed by atoms with van der Waals surface area (Å²) >= 11 is 0. The molecule has 202 valence electrons. The van der Waals surface area contributed by atoms with E-state index in [-0.39, 0.29) is 22.1 Å². The Labute approximate surface area is 217 Å². The predicted molar refractivity (Wildman–Crippen MR) is 138 cm³/mol. The largest absolute Gasteiger partial charge is 0.495 e. The Morgan fingerprint density at radius 1 is 1.11 bits per heavy atom. The number of carbonyl (C=O) groups is 2. The summed E-state index contributed by atoms with van der Waals surface area (Å²) in [5.74, 6) is -1.20. The molecule has 2 amide bonds. The summed E-state index contributed by atoms with van der Waals surface area (Å²) in [5, 5.41) is 5.52. The van der Waals surface area contributed by atoms with Crippen LogP contribution in [0.3, 0.4) is 0 Å². The van der Waals surface area contributed by atoms with Crippen LogP contribution in [0.25, 0.3) is 0 Å². The summed E-state index contributed by atoms with van der Waals surface area (Å²) in [6.45, 7) is 6.35. The minimum Gasteiger partial charge on any atom is -0.495 e. The van der Waals surface area contributed by atoms with Crippen LogP contribution in [0.5, 0.6) is 5.75 Å². The lowest BCUT2D eigenvalue weighted by atomic mass is 9.92. The van der Waals surface area contributed by atoms with Crippen molar-refractivity contribution in [3.05, 3.63) is 53.8 Å². The second kappa shape index (κ2) is 12.0. The van der Waals surface area contributed by atoms with Gasteiger partial charge in [-0.05, 0) is 82.3 Å². The number of amides is 2. The van der Waals surface area contributed by atoms with Crippen LogP contribution in [0.15, 0.2) is 47.4 Å². The van der Waals surface area contributed by atoms with Gasteiger partial charge in [0, 0.05) is 36.1 Å². The third-order valence-electron chi connectivity index (χ3n) is 5.80. The van der Waals surface area contributed by atoms with Crippen molar-refractivity contribution in [3.63, 3.8) is 0 Å². The van der Waals surface area contributed by atoms with Gasteiger partial charge in [0.15, 0.2) is 0 Å². The van der Waals surface area contributed by atoms with Gasteiger partial charge in [0.2, 0.25) is 15.9 Å². The zero-order valence-corrected chi connectivity index (χ0v) is 22.3. The number of benzene rings is 2. The molecule has 1 aliphatic rings. The van der Waals surface area contributed by atoms with E-state index < -0.39 is 39.2 Å². The third kappa shape index (κ3) is 8.24. The summed E-state index contributed by atoms with van der Waals surface area (Å²) in [7, 11) is -2.53. The summed E-state index contributed by atoms with van der Waals surface area (Å²) in [6, 6.07) is 8.42. The lowest BCUT2D eigenvalue weighted by Crippen LogP contribution is -2.45. The van der Waals surface area contributed by atoms with Gasteiger partial charge in [-0.15, -0.1) is 0 Å². The predicted octanol–water partition coefficient (Wildman–Crippen LogP) is 3.46. The van der Waals surface area contributed by atoms with Crippen LogP contribution in [0.2, 0.25) is 0 Å². The highest BCUT2D eigenvalue weighted by Gasteiger charge is 2.28. The lowest BCUT2D eigenvalue weighted by Gasteiger charge is -2.27. The minimum absolute atomic E-state index is 0.0610. The number of halogens is 1. The lowest BCUT2D eigenvalue weighted by molar-refractivity contribution is -0.118. The number of nitrogens with one attached hydrogen (secondary N) is 3. The number of carbonyl (C=O) groups excluding carboxylic acids is 2.